The van der Waals surface area contributed by atoms with Crippen LogP contribution in [0.2, 0.25) is 0 Å². The molecule has 0 bridgehead atoms. The summed E-state index contributed by atoms with van der Waals surface area (Å²) in [4.78, 5) is 24.8. The molecule has 1 aromatic heterocycles. The topological polar surface area (TPSA) is 61.4 Å². The molecular weight excluding hydrogens is 254 g/mol. The van der Waals surface area contributed by atoms with Crippen molar-refractivity contribution >= 4 is 11.9 Å². The Morgan fingerprint density at radius 1 is 1.35 bits per heavy atom. The van der Waals surface area contributed by atoms with Crippen LogP contribution in [0.5, 0.6) is 0 Å². The van der Waals surface area contributed by atoms with E-state index in [-0.39, 0.29) is 0 Å². The zero-order valence-electron chi connectivity index (χ0n) is 11.9. The zero-order valence-corrected chi connectivity index (χ0v) is 11.9. The van der Waals surface area contributed by atoms with Crippen LogP contribution in [0, 0.1) is 0 Å². The highest BCUT2D eigenvalue weighted by Crippen LogP contribution is 2.24. The van der Waals surface area contributed by atoms with Gasteiger partial charge in [-0.3, -0.25) is 4.79 Å². The largest absolute Gasteiger partial charge is 0.337 e. The fourth-order valence-electron chi connectivity index (χ4n) is 2.92. The number of aromatic nitrogens is 2. The van der Waals surface area contributed by atoms with E-state index in [1.807, 2.05) is 17.3 Å². The maximum absolute atomic E-state index is 11.7. The summed E-state index contributed by atoms with van der Waals surface area (Å²) in [6, 6.07) is 0.348. The van der Waals surface area contributed by atoms with Crippen molar-refractivity contribution in [3.05, 3.63) is 18.0 Å². The van der Waals surface area contributed by atoms with Crippen LogP contribution in [-0.2, 0) is 11.3 Å². The first kappa shape index (κ1) is 13.3. The van der Waals surface area contributed by atoms with Gasteiger partial charge in [-0.05, 0) is 13.0 Å². The highest BCUT2D eigenvalue weighted by atomic mass is 16.2. The number of rotatable bonds is 4. The van der Waals surface area contributed by atoms with Crippen molar-refractivity contribution in [1.82, 2.24) is 20.2 Å². The first-order chi connectivity index (χ1) is 9.78. The number of carbonyl (C=O) groups excluding carboxylic acids is 1. The fraction of sp³-hybridized carbons (Fsp3) is 0.643. The Bertz CT molecular complexity index is 475. The summed E-state index contributed by atoms with van der Waals surface area (Å²) in [5.41, 5.74) is 1.10. The molecule has 1 unspecified atom stereocenters. The van der Waals surface area contributed by atoms with Gasteiger partial charge >= 0.3 is 0 Å². The van der Waals surface area contributed by atoms with E-state index in [2.05, 4.69) is 27.1 Å². The number of piperazine rings is 1. The smallest absolute Gasteiger partial charge is 0.225 e. The van der Waals surface area contributed by atoms with Crippen LogP contribution in [0.3, 0.4) is 0 Å². The third-order valence-electron chi connectivity index (χ3n) is 4.05. The number of anilines is 1. The summed E-state index contributed by atoms with van der Waals surface area (Å²) in [5, 5.41) is 3.26. The first-order valence-corrected chi connectivity index (χ1v) is 7.34. The van der Waals surface area contributed by atoms with Gasteiger partial charge in [0, 0.05) is 56.6 Å². The van der Waals surface area contributed by atoms with Crippen molar-refractivity contribution in [3.8, 4) is 0 Å². The average molecular weight is 275 g/mol. The van der Waals surface area contributed by atoms with E-state index in [9.17, 15) is 4.79 Å². The second-order valence-corrected chi connectivity index (χ2v) is 5.40. The third-order valence-corrected chi connectivity index (χ3v) is 4.05. The molecule has 1 atom stereocenters. The van der Waals surface area contributed by atoms with E-state index in [0.717, 1.165) is 50.7 Å². The summed E-state index contributed by atoms with van der Waals surface area (Å²) in [5.74, 6) is 1.08. The van der Waals surface area contributed by atoms with Gasteiger partial charge in [-0.25, -0.2) is 9.97 Å². The van der Waals surface area contributed by atoms with Crippen molar-refractivity contribution < 1.29 is 4.79 Å². The van der Waals surface area contributed by atoms with Crippen molar-refractivity contribution in [2.45, 2.75) is 32.4 Å². The van der Waals surface area contributed by atoms with E-state index >= 15 is 0 Å². The molecule has 0 spiro atoms. The minimum absolute atomic E-state index is 0.302. The molecule has 3 rings (SSSR count). The lowest BCUT2D eigenvalue weighted by atomic mass is 10.1. The van der Waals surface area contributed by atoms with Crippen molar-refractivity contribution in [2.75, 3.05) is 31.1 Å². The molecular formula is C14H21N5O. The van der Waals surface area contributed by atoms with Gasteiger partial charge in [-0.2, -0.15) is 0 Å². The normalized spacial score (nSPS) is 22.2. The highest BCUT2D eigenvalue weighted by Gasteiger charge is 2.36. The van der Waals surface area contributed by atoms with Gasteiger partial charge < -0.3 is 15.1 Å². The van der Waals surface area contributed by atoms with E-state index in [1.165, 1.54) is 0 Å². The summed E-state index contributed by atoms with van der Waals surface area (Å²) in [6.07, 6.45) is 5.43. The number of hydrogen-bond acceptors (Lipinski definition) is 5. The molecule has 3 heterocycles. The zero-order chi connectivity index (χ0) is 13.9. The number of amides is 1. The standard InChI is InChI=1S/C14H21N5O/c1-2-15-7-11-8-16-14(17-9-11)18-5-6-19-12(10-18)3-4-13(19)20/h8-9,12,15H,2-7,10H2,1H3. The Morgan fingerprint density at radius 3 is 2.90 bits per heavy atom. The van der Waals surface area contributed by atoms with Crippen LogP contribution in [0.4, 0.5) is 5.95 Å². The van der Waals surface area contributed by atoms with Gasteiger partial charge in [0.05, 0.1) is 0 Å². The van der Waals surface area contributed by atoms with Crippen LogP contribution in [-0.4, -0.2) is 53.0 Å². The summed E-state index contributed by atoms with van der Waals surface area (Å²) in [6.45, 7) is 6.32. The summed E-state index contributed by atoms with van der Waals surface area (Å²) in [7, 11) is 0. The number of nitrogens with one attached hydrogen (secondary N) is 1. The molecule has 1 amide bonds. The second-order valence-electron chi connectivity index (χ2n) is 5.40. The van der Waals surface area contributed by atoms with Crippen LogP contribution in [0.1, 0.15) is 25.3 Å². The molecule has 2 saturated heterocycles. The SMILES string of the molecule is CCNCc1cnc(N2CCN3C(=O)CCC3C2)nc1. The van der Waals surface area contributed by atoms with Crippen LogP contribution in [0.15, 0.2) is 12.4 Å². The lowest BCUT2D eigenvalue weighted by molar-refractivity contribution is -0.129. The van der Waals surface area contributed by atoms with Crippen LogP contribution >= 0.6 is 0 Å². The lowest BCUT2D eigenvalue weighted by Crippen LogP contribution is -2.52. The molecule has 0 aliphatic carbocycles. The van der Waals surface area contributed by atoms with Crippen LogP contribution in [0.25, 0.3) is 0 Å². The second kappa shape index (κ2) is 5.75. The molecule has 1 N–H and O–H groups in total. The Balaban J connectivity index is 1.63. The van der Waals surface area contributed by atoms with Gasteiger partial charge in [-0.15, -0.1) is 0 Å². The third kappa shape index (κ3) is 2.60. The molecule has 2 aliphatic rings. The minimum Gasteiger partial charge on any atom is -0.337 e. The highest BCUT2D eigenvalue weighted by molar-refractivity contribution is 5.79. The molecule has 6 heteroatoms. The van der Waals surface area contributed by atoms with Crippen molar-refractivity contribution in [1.29, 1.82) is 0 Å². The number of nitrogens with zero attached hydrogens (tertiary/aromatic N) is 4. The van der Waals surface area contributed by atoms with Crippen molar-refractivity contribution in [2.24, 2.45) is 0 Å². The Labute approximate surface area is 119 Å². The maximum Gasteiger partial charge on any atom is 0.225 e. The van der Waals surface area contributed by atoms with Gasteiger partial charge in [0.25, 0.3) is 0 Å². The number of hydrogen-bond donors (Lipinski definition) is 1. The quantitative estimate of drug-likeness (QED) is 0.861. The minimum atomic E-state index is 0.302. The van der Waals surface area contributed by atoms with Gasteiger partial charge in [0.1, 0.15) is 0 Å². The fourth-order valence-corrected chi connectivity index (χ4v) is 2.92. The van der Waals surface area contributed by atoms with Gasteiger partial charge in [0.15, 0.2) is 0 Å². The van der Waals surface area contributed by atoms with E-state index < -0.39 is 0 Å². The molecule has 0 radical (unpaired) electrons. The molecule has 2 fully saturated rings. The first-order valence-electron chi connectivity index (χ1n) is 7.34. The summed E-state index contributed by atoms with van der Waals surface area (Å²) >= 11 is 0. The predicted molar refractivity (Wildman–Crippen MR) is 76.4 cm³/mol. The molecule has 20 heavy (non-hydrogen) atoms. The van der Waals surface area contributed by atoms with Gasteiger partial charge in [0.2, 0.25) is 11.9 Å². The molecule has 0 aromatic carbocycles. The average Bonchev–Trinajstić information content (AvgIpc) is 2.86. The Morgan fingerprint density at radius 2 is 2.15 bits per heavy atom. The van der Waals surface area contributed by atoms with E-state index in [0.29, 0.717) is 18.4 Å². The van der Waals surface area contributed by atoms with E-state index in [1.54, 1.807) is 0 Å². The molecule has 6 nitrogen and oxygen atoms in total. The number of fused-ring (bicyclic) bond motifs is 1. The summed E-state index contributed by atoms with van der Waals surface area (Å²) < 4.78 is 0. The molecule has 1 aromatic rings. The lowest BCUT2D eigenvalue weighted by Gasteiger charge is -2.37. The molecule has 108 valence electrons. The monoisotopic (exact) mass is 275 g/mol. The van der Waals surface area contributed by atoms with Gasteiger partial charge in [-0.1, -0.05) is 6.92 Å². The maximum atomic E-state index is 11.7. The Hall–Kier alpha value is -1.69. The van der Waals surface area contributed by atoms with Crippen LogP contribution < -0.4 is 10.2 Å². The molecule has 2 aliphatic heterocycles. The number of carbonyl (C=O) groups is 1. The van der Waals surface area contributed by atoms with E-state index in [4.69, 9.17) is 0 Å². The molecule has 0 saturated carbocycles. The predicted octanol–water partition coefficient (Wildman–Crippen LogP) is 0.397. The van der Waals surface area contributed by atoms with Crippen molar-refractivity contribution in [3.63, 3.8) is 0 Å². The Kier molecular flexibility index (Phi) is 3.82.